The van der Waals surface area contributed by atoms with Crippen LogP contribution in [0.2, 0.25) is 0 Å². The fraction of sp³-hybridized carbons (Fsp3) is 0.400. The Morgan fingerprint density at radius 3 is 2.89 bits per heavy atom. The Morgan fingerprint density at radius 2 is 2.11 bits per heavy atom. The number of hydrogen-bond acceptors (Lipinski definition) is 3. The van der Waals surface area contributed by atoms with Crippen molar-refractivity contribution in [3.05, 3.63) is 52.0 Å². The van der Waals surface area contributed by atoms with Gasteiger partial charge in [0.15, 0.2) is 0 Å². The van der Waals surface area contributed by atoms with E-state index in [0.29, 0.717) is 6.04 Å². The van der Waals surface area contributed by atoms with Crippen LogP contribution in [0.25, 0.3) is 0 Å². The van der Waals surface area contributed by atoms with E-state index in [1.165, 1.54) is 29.1 Å². The molecule has 1 atom stereocenters. The molecule has 3 heteroatoms. The van der Waals surface area contributed by atoms with Gasteiger partial charge in [-0.05, 0) is 31.4 Å². The van der Waals surface area contributed by atoms with E-state index in [1.807, 2.05) is 0 Å². The minimum atomic E-state index is 0.506. The van der Waals surface area contributed by atoms with Crippen molar-refractivity contribution in [3.8, 4) is 0 Å². The van der Waals surface area contributed by atoms with Crippen LogP contribution >= 0.6 is 11.3 Å². The highest BCUT2D eigenvalue weighted by Crippen LogP contribution is 2.24. The average molecular weight is 258 g/mol. The Balaban J connectivity index is 1.60. The second-order valence-corrected chi connectivity index (χ2v) is 5.74. The van der Waals surface area contributed by atoms with Crippen molar-refractivity contribution in [2.24, 2.45) is 0 Å². The molecule has 0 spiro atoms. The molecule has 0 saturated carbocycles. The van der Waals surface area contributed by atoms with Gasteiger partial charge in [0.25, 0.3) is 0 Å². The van der Waals surface area contributed by atoms with Crippen LogP contribution in [-0.4, -0.2) is 11.5 Å². The summed E-state index contributed by atoms with van der Waals surface area (Å²) in [5.41, 5.74) is 2.65. The Morgan fingerprint density at radius 1 is 1.22 bits per heavy atom. The maximum atomic E-state index is 4.76. The summed E-state index contributed by atoms with van der Waals surface area (Å²) in [6, 6.07) is 11.2. The first-order valence-electron chi connectivity index (χ1n) is 6.63. The summed E-state index contributed by atoms with van der Waals surface area (Å²) >= 11 is 1.80. The van der Waals surface area contributed by atoms with Crippen molar-refractivity contribution in [2.75, 3.05) is 6.54 Å². The van der Waals surface area contributed by atoms with Gasteiger partial charge in [-0.25, -0.2) is 4.98 Å². The standard InChI is InChI=1S/C15H18N2S/c1-2-5-12(6-3-1)8-9-15-17-14(11-18-15)13-7-4-10-16-13/h1-3,5-6,11,13,16H,4,7-10H2. The van der Waals surface area contributed by atoms with Crippen molar-refractivity contribution >= 4 is 11.3 Å². The normalized spacial score (nSPS) is 19.2. The zero-order valence-corrected chi connectivity index (χ0v) is 11.2. The van der Waals surface area contributed by atoms with Crippen LogP contribution in [0.5, 0.6) is 0 Å². The molecular weight excluding hydrogens is 240 g/mol. The molecule has 1 aliphatic heterocycles. The number of nitrogens with one attached hydrogen (secondary N) is 1. The Hall–Kier alpha value is -1.19. The maximum absolute atomic E-state index is 4.76. The molecule has 18 heavy (non-hydrogen) atoms. The summed E-state index contributed by atoms with van der Waals surface area (Å²) in [6.45, 7) is 1.14. The Kier molecular flexibility index (Phi) is 3.72. The maximum Gasteiger partial charge on any atom is 0.0932 e. The highest BCUT2D eigenvalue weighted by Gasteiger charge is 2.18. The predicted molar refractivity (Wildman–Crippen MR) is 75.9 cm³/mol. The van der Waals surface area contributed by atoms with Crippen LogP contribution in [0, 0.1) is 0 Å². The minimum Gasteiger partial charge on any atom is -0.309 e. The van der Waals surface area contributed by atoms with Gasteiger partial charge in [-0.15, -0.1) is 11.3 Å². The van der Waals surface area contributed by atoms with E-state index in [1.54, 1.807) is 11.3 Å². The molecule has 2 aromatic rings. The molecule has 0 bridgehead atoms. The summed E-state index contributed by atoms with van der Waals surface area (Å²) in [5.74, 6) is 0. The van der Waals surface area contributed by atoms with Gasteiger partial charge in [0.2, 0.25) is 0 Å². The molecule has 1 aliphatic rings. The van der Waals surface area contributed by atoms with Crippen LogP contribution < -0.4 is 5.32 Å². The fourth-order valence-corrected chi connectivity index (χ4v) is 3.28. The molecule has 1 N–H and O–H groups in total. The quantitative estimate of drug-likeness (QED) is 0.909. The largest absolute Gasteiger partial charge is 0.309 e. The summed E-state index contributed by atoms with van der Waals surface area (Å²) in [4.78, 5) is 4.76. The number of benzene rings is 1. The van der Waals surface area contributed by atoms with Crippen molar-refractivity contribution in [1.29, 1.82) is 0 Å². The number of hydrogen-bond donors (Lipinski definition) is 1. The first-order chi connectivity index (χ1) is 8.92. The lowest BCUT2D eigenvalue weighted by atomic mass is 10.1. The highest BCUT2D eigenvalue weighted by atomic mass is 32.1. The van der Waals surface area contributed by atoms with Crippen molar-refractivity contribution in [3.63, 3.8) is 0 Å². The molecule has 0 radical (unpaired) electrons. The van der Waals surface area contributed by atoms with Gasteiger partial charge in [-0.3, -0.25) is 0 Å². The molecule has 1 aromatic carbocycles. The molecule has 1 aromatic heterocycles. The molecule has 1 saturated heterocycles. The summed E-state index contributed by atoms with van der Waals surface area (Å²) in [5, 5.41) is 7.00. The minimum absolute atomic E-state index is 0.506. The average Bonchev–Trinajstić information content (AvgIpc) is 3.08. The fourth-order valence-electron chi connectivity index (χ4n) is 2.43. The third-order valence-electron chi connectivity index (χ3n) is 3.46. The zero-order chi connectivity index (χ0) is 12.2. The second-order valence-electron chi connectivity index (χ2n) is 4.80. The molecule has 1 fully saturated rings. The first-order valence-corrected chi connectivity index (χ1v) is 7.51. The molecule has 3 rings (SSSR count). The molecule has 94 valence electrons. The molecule has 2 nitrogen and oxygen atoms in total. The summed E-state index contributed by atoms with van der Waals surface area (Å²) in [7, 11) is 0. The Bertz CT molecular complexity index is 486. The van der Waals surface area contributed by atoms with Crippen molar-refractivity contribution < 1.29 is 0 Å². The van der Waals surface area contributed by atoms with Gasteiger partial charge in [0, 0.05) is 11.8 Å². The van der Waals surface area contributed by atoms with Gasteiger partial charge in [0.1, 0.15) is 0 Å². The smallest absolute Gasteiger partial charge is 0.0932 e. The topological polar surface area (TPSA) is 24.9 Å². The summed E-state index contributed by atoms with van der Waals surface area (Å²) < 4.78 is 0. The van der Waals surface area contributed by atoms with E-state index in [9.17, 15) is 0 Å². The van der Waals surface area contributed by atoms with E-state index in [2.05, 4.69) is 41.0 Å². The third kappa shape index (κ3) is 2.79. The van der Waals surface area contributed by atoms with Gasteiger partial charge in [-0.2, -0.15) is 0 Å². The van der Waals surface area contributed by atoms with Crippen molar-refractivity contribution in [2.45, 2.75) is 31.7 Å². The summed E-state index contributed by atoms with van der Waals surface area (Å²) in [6.07, 6.45) is 4.66. The predicted octanol–water partition coefficient (Wildman–Crippen LogP) is 3.35. The molecule has 0 aliphatic carbocycles. The van der Waals surface area contributed by atoms with Gasteiger partial charge in [-0.1, -0.05) is 30.3 Å². The lowest BCUT2D eigenvalue weighted by Gasteiger charge is -2.05. The molecule has 0 amide bonds. The van der Waals surface area contributed by atoms with Crippen LogP contribution in [0.1, 0.15) is 35.1 Å². The lowest BCUT2D eigenvalue weighted by Crippen LogP contribution is -2.13. The zero-order valence-electron chi connectivity index (χ0n) is 10.4. The van der Waals surface area contributed by atoms with Gasteiger partial charge >= 0.3 is 0 Å². The SMILES string of the molecule is c1ccc(CCc2nc(C3CCCN3)cs2)cc1. The van der Waals surface area contributed by atoms with Crippen LogP contribution in [0.15, 0.2) is 35.7 Å². The molecule has 2 heterocycles. The van der Waals surface area contributed by atoms with Gasteiger partial charge in [0.05, 0.1) is 16.7 Å². The molecular formula is C15H18N2S. The van der Waals surface area contributed by atoms with Crippen LogP contribution in [-0.2, 0) is 12.8 Å². The lowest BCUT2D eigenvalue weighted by molar-refractivity contribution is 0.629. The number of rotatable bonds is 4. The molecule has 1 unspecified atom stereocenters. The van der Waals surface area contributed by atoms with E-state index < -0.39 is 0 Å². The number of thiazole rings is 1. The first kappa shape index (κ1) is 11.9. The second kappa shape index (κ2) is 5.63. The third-order valence-corrected chi connectivity index (χ3v) is 4.38. The van der Waals surface area contributed by atoms with E-state index >= 15 is 0 Å². The van der Waals surface area contributed by atoms with E-state index in [0.717, 1.165) is 19.4 Å². The van der Waals surface area contributed by atoms with Crippen LogP contribution in [0.4, 0.5) is 0 Å². The van der Waals surface area contributed by atoms with Crippen LogP contribution in [0.3, 0.4) is 0 Å². The van der Waals surface area contributed by atoms with Gasteiger partial charge < -0.3 is 5.32 Å². The van der Waals surface area contributed by atoms with E-state index in [4.69, 9.17) is 4.98 Å². The Labute approximate surface area is 112 Å². The number of aryl methyl sites for hydroxylation is 2. The number of nitrogens with zero attached hydrogens (tertiary/aromatic N) is 1. The highest BCUT2D eigenvalue weighted by molar-refractivity contribution is 7.09. The monoisotopic (exact) mass is 258 g/mol. The van der Waals surface area contributed by atoms with Crippen molar-refractivity contribution in [1.82, 2.24) is 10.3 Å². The van der Waals surface area contributed by atoms with E-state index in [-0.39, 0.29) is 0 Å². The number of aromatic nitrogens is 1.